The van der Waals surface area contributed by atoms with Gasteiger partial charge in [-0.05, 0) is 56.4 Å². The molecule has 0 bridgehead atoms. The molecule has 0 unspecified atom stereocenters. The third-order valence-corrected chi connectivity index (χ3v) is 5.17. The first-order valence-corrected chi connectivity index (χ1v) is 9.08. The number of primary amides is 1. The Kier molecular flexibility index (Phi) is 5.23. The summed E-state index contributed by atoms with van der Waals surface area (Å²) in [5.41, 5.74) is 1.47. The van der Waals surface area contributed by atoms with Gasteiger partial charge in [-0.1, -0.05) is 6.07 Å². The molecule has 0 saturated carbocycles. The third kappa shape index (κ3) is 3.59. The first-order valence-electron chi connectivity index (χ1n) is 8.67. The van der Waals surface area contributed by atoms with Gasteiger partial charge in [0.2, 0.25) is 0 Å². The van der Waals surface area contributed by atoms with E-state index in [1.807, 2.05) is 0 Å². The lowest BCUT2D eigenvalue weighted by atomic mass is 10.0. The van der Waals surface area contributed by atoms with Gasteiger partial charge in [0.15, 0.2) is 10.8 Å². The minimum Gasteiger partial charge on any atom is -0.366 e. The van der Waals surface area contributed by atoms with E-state index in [1.165, 1.54) is 30.9 Å². The number of carbonyl (C=O) groups excluding carboxylic acids is 2. The second-order valence-corrected chi connectivity index (χ2v) is 7.52. The number of halogens is 4. The molecule has 31 heavy (non-hydrogen) atoms. The van der Waals surface area contributed by atoms with Gasteiger partial charge in [-0.2, -0.15) is 13.2 Å². The summed E-state index contributed by atoms with van der Waals surface area (Å²) < 4.78 is 54.4. The normalized spacial score (nSPS) is 15.9. The Hall–Kier alpha value is -3.52. The molecule has 0 aliphatic carbocycles. The Morgan fingerprint density at radius 2 is 1.77 bits per heavy atom. The fraction of sp³-hybridized carbons (Fsp3) is 0.200. The predicted octanol–water partition coefficient (Wildman–Crippen LogP) is 4.41. The van der Waals surface area contributed by atoms with Crippen LogP contribution in [0.4, 0.5) is 34.6 Å². The van der Waals surface area contributed by atoms with Crippen LogP contribution < -0.4 is 15.5 Å². The summed E-state index contributed by atoms with van der Waals surface area (Å²) in [4.78, 5) is 29.4. The van der Waals surface area contributed by atoms with Crippen LogP contribution in [0, 0.1) is 12.4 Å². The molecule has 3 rings (SSSR count). The number of nitrogens with two attached hydrogens (primary N) is 1. The molecule has 1 aliphatic heterocycles. The largest absolute Gasteiger partial charge is 0.407 e. The molecule has 6 nitrogen and oxygen atoms in total. The van der Waals surface area contributed by atoms with Gasteiger partial charge >= 0.3 is 6.18 Å². The highest BCUT2D eigenvalue weighted by molar-refractivity contribution is 7.81. The number of amides is 2. The summed E-state index contributed by atoms with van der Waals surface area (Å²) in [7, 11) is 0. The molecule has 1 aliphatic rings. The molecule has 11 heteroatoms. The van der Waals surface area contributed by atoms with Crippen molar-refractivity contribution in [1.29, 1.82) is 0 Å². The van der Waals surface area contributed by atoms with Crippen molar-refractivity contribution < 1.29 is 27.2 Å². The number of rotatable bonds is 3. The molecule has 0 aromatic heterocycles. The highest BCUT2D eigenvalue weighted by atomic mass is 32.1. The predicted molar refractivity (Wildman–Crippen MR) is 109 cm³/mol. The van der Waals surface area contributed by atoms with Crippen LogP contribution in [0.15, 0.2) is 36.4 Å². The summed E-state index contributed by atoms with van der Waals surface area (Å²) >= 11 is 5.35. The molecule has 2 aromatic carbocycles. The summed E-state index contributed by atoms with van der Waals surface area (Å²) in [6.45, 7) is 9.88. The molecule has 0 atom stereocenters. The van der Waals surface area contributed by atoms with Gasteiger partial charge in [0.1, 0.15) is 11.4 Å². The van der Waals surface area contributed by atoms with Crippen LogP contribution in [-0.2, 0) is 11.0 Å². The number of nitrogens with zero attached hydrogens (tertiary/aromatic N) is 3. The van der Waals surface area contributed by atoms with Gasteiger partial charge in [0, 0.05) is 11.4 Å². The average Bonchev–Trinajstić information content (AvgIpc) is 2.84. The molecular weight excluding hydrogens is 436 g/mol. The molecule has 2 aromatic rings. The summed E-state index contributed by atoms with van der Waals surface area (Å²) in [6, 6.07) is 6.24. The van der Waals surface area contributed by atoms with Crippen molar-refractivity contribution in [1.82, 2.24) is 0 Å². The highest BCUT2D eigenvalue weighted by Gasteiger charge is 2.50. The maximum absolute atomic E-state index is 14.3. The van der Waals surface area contributed by atoms with E-state index in [4.69, 9.17) is 24.5 Å². The van der Waals surface area contributed by atoms with Gasteiger partial charge in [0.05, 0.1) is 17.7 Å². The van der Waals surface area contributed by atoms with E-state index in [9.17, 15) is 27.2 Å². The van der Waals surface area contributed by atoms with Gasteiger partial charge in [0.25, 0.3) is 11.8 Å². The molecule has 2 N–H and O–H groups in total. The number of alkyl halides is 3. The first kappa shape index (κ1) is 22.2. The molecular formula is C20H14F4N4O2S. The third-order valence-electron chi connectivity index (χ3n) is 4.81. The van der Waals surface area contributed by atoms with Gasteiger partial charge in [-0.3, -0.25) is 14.5 Å². The number of thiocarbonyl (C=S) groups is 1. The Morgan fingerprint density at radius 3 is 2.29 bits per heavy atom. The number of benzene rings is 2. The highest BCUT2D eigenvalue weighted by Crippen LogP contribution is 2.42. The Balaban J connectivity index is 2.12. The number of carbonyl (C=O) groups is 2. The van der Waals surface area contributed by atoms with Crippen LogP contribution in [0.1, 0.15) is 29.8 Å². The van der Waals surface area contributed by atoms with Gasteiger partial charge in [-0.15, -0.1) is 0 Å². The molecule has 1 heterocycles. The van der Waals surface area contributed by atoms with Crippen LogP contribution in [0.3, 0.4) is 0 Å². The Labute approximate surface area is 179 Å². The monoisotopic (exact) mass is 450 g/mol. The van der Waals surface area contributed by atoms with Crippen molar-refractivity contribution in [2.45, 2.75) is 25.6 Å². The van der Waals surface area contributed by atoms with E-state index >= 15 is 0 Å². The van der Waals surface area contributed by atoms with E-state index in [-0.39, 0.29) is 22.1 Å². The molecule has 2 amide bonds. The van der Waals surface area contributed by atoms with Crippen molar-refractivity contribution in [3.63, 3.8) is 0 Å². The lowest BCUT2D eigenvalue weighted by Crippen LogP contribution is -2.44. The summed E-state index contributed by atoms with van der Waals surface area (Å²) in [5, 5.41) is -0.190. The van der Waals surface area contributed by atoms with Gasteiger partial charge in [-0.25, -0.2) is 9.24 Å². The van der Waals surface area contributed by atoms with Crippen LogP contribution >= 0.6 is 12.2 Å². The van der Waals surface area contributed by atoms with E-state index < -0.39 is 40.6 Å². The van der Waals surface area contributed by atoms with Crippen LogP contribution in [-0.4, -0.2) is 22.5 Å². The minimum atomic E-state index is -4.82. The average molecular weight is 450 g/mol. The lowest BCUT2D eigenvalue weighted by Gasteiger charge is -2.29. The molecule has 1 fully saturated rings. The topological polar surface area (TPSA) is 71.0 Å². The lowest BCUT2D eigenvalue weighted by molar-refractivity contribution is -0.136. The van der Waals surface area contributed by atoms with Crippen molar-refractivity contribution in [2.75, 3.05) is 9.80 Å². The van der Waals surface area contributed by atoms with E-state index in [1.54, 1.807) is 0 Å². The molecule has 0 spiro atoms. The van der Waals surface area contributed by atoms with E-state index in [0.717, 1.165) is 23.1 Å². The van der Waals surface area contributed by atoms with Crippen molar-refractivity contribution in [2.24, 2.45) is 5.73 Å². The molecule has 0 radical (unpaired) electrons. The van der Waals surface area contributed by atoms with Crippen LogP contribution in [0.5, 0.6) is 0 Å². The zero-order chi connectivity index (χ0) is 23.3. The Bertz CT molecular complexity index is 1170. The second-order valence-electron chi connectivity index (χ2n) is 7.16. The molecule has 160 valence electrons. The summed E-state index contributed by atoms with van der Waals surface area (Å²) in [5.74, 6) is -2.57. The second kappa shape index (κ2) is 7.31. The first-order chi connectivity index (χ1) is 14.3. The zero-order valence-corrected chi connectivity index (χ0v) is 16.9. The van der Waals surface area contributed by atoms with E-state index in [0.29, 0.717) is 6.07 Å². The standard InChI is InChI=1S/C20H14F4N4O2S/c1-19(2)17(30)27(10-5-7-15(26-3)13(8-10)20(22,23)24)18(31)28(19)11-4-6-12(16(25)29)14(21)9-11/h4-9H,1-2H3,(H2,25,29). The number of anilines is 2. The maximum atomic E-state index is 14.3. The Morgan fingerprint density at radius 1 is 1.16 bits per heavy atom. The van der Waals surface area contributed by atoms with Crippen LogP contribution in [0.2, 0.25) is 0 Å². The van der Waals surface area contributed by atoms with Gasteiger partial charge < -0.3 is 10.6 Å². The maximum Gasteiger partial charge on any atom is 0.407 e. The fourth-order valence-corrected chi connectivity index (χ4v) is 3.81. The minimum absolute atomic E-state index is 0.113. The van der Waals surface area contributed by atoms with E-state index in [2.05, 4.69) is 4.85 Å². The van der Waals surface area contributed by atoms with Crippen LogP contribution in [0.25, 0.3) is 4.85 Å². The number of hydrogen-bond acceptors (Lipinski definition) is 3. The number of hydrogen-bond donors (Lipinski definition) is 1. The van der Waals surface area contributed by atoms with Crippen molar-refractivity contribution >= 4 is 46.2 Å². The zero-order valence-electron chi connectivity index (χ0n) is 16.1. The quantitative estimate of drug-likeness (QED) is 0.427. The van der Waals surface area contributed by atoms with Crippen molar-refractivity contribution in [3.05, 3.63) is 64.8 Å². The SMILES string of the molecule is [C-]#[N+]c1ccc(N2C(=O)C(C)(C)N(c3ccc(C(N)=O)c(F)c3)C2=S)cc1C(F)(F)F. The fourth-order valence-electron chi connectivity index (χ4n) is 3.29. The smallest absolute Gasteiger partial charge is 0.366 e. The van der Waals surface area contributed by atoms with Crippen molar-refractivity contribution in [3.8, 4) is 0 Å². The molecule has 1 saturated heterocycles. The summed E-state index contributed by atoms with van der Waals surface area (Å²) in [6.07, 6.45) is -4.82.